The van der Waals surface area contributed by atoms with Gasteiger partial charge in [0.1, 0.15) is 0 Å². The van der Waals surface area contributed by atoms with Gasteiger partial charge in [0.2, 0.25) is 15.2 Å². The molecule has 3 rings (SSSR count). The highest BCUT2D eigenvalue weighted by molar-refractivity contribution is 8.02. The van der Waals surface area contributed by atoms with Crippen molar-refractivity contribution in [3.8, 4) is 0 Å². The van der Waals surface area contributed by atoms with Gasteiger partial charge in [-0.15, -0.1) is 10.2 Å². The van der Waals surface area contributed by atoms with Crippen LogP contribution in [-0.2, 0) is 10.0 Å². The summed E-state index contributed by atoms with van der Waals surface area (Å²) in [5, 5.41) is 11.9. The molecule has 2 aromatic carbocycles. The normalized spacial score (nSPS) is 12.4. The van der Waals surface area contributed by atoms with E-state index in [-0.39, 0.29) is 11.0 Å². The summed E-state index contributed by atoms with van der Waals surface area (Å²) >= 11 is 2.73. The van der Waals surface area contributed by atoms with Crippen LogP contribution in [0.1, 0.15) is 28.4 Å². The lowest BCUT2D eigenvalue weighted by molar-refractivity contribution is 0.0994. The average Bonchev–Trinajstić information content (AvgIpc) is 3.10. The molecule has 158 valence electrons. The second kappa shape index (κ2) is 9.15. The third-order valence-corrected chi connectivity index (χ3v) is 6.91. The van der Waals surface area contributed by atoms with E-state index >= 15 is 0 Å². The van der Waals surface area contributed by atoms with E-state index in [9.17, 15) is 13.2 Å². The molecule has 2 N–H and O–H groups in total. The summed E-state index contributed by atoms with van der Waals surface area (Å²) in [6.07, 6.45) is 1.08. The summed E-state index contributed by atoms with van der Waals surface area (Å²) in [6, 6.07) is 12.5. The molecule has 0 spiro atoms. The number of benzene rings is 2. The van der Waals surface area contributed by atoms with E-state index in [2.05, 4.69) is 40.2 Å². The Morgan fingerprint density at radius 2 is 1.70 bits per heavy atom. The summed E-state index contributed by atoms with van der Waals surface area (Å²) in [6.45, 7) is 5.93. The minimum Gasteiger partial charge on any atom is -0.330 e. The van der Waals surface area contributed by atoms with Crippen LogP contribution in [0.15, 0.2) is 46.8 Å². The number of thioether (sulfide) groups is 1. The number of Topliss-reactive ketones (excluding diaryl/α,β-unsaturated/α-hetero) is 1. The molecular weight excluding hydrogens is 440 g/mol. The second-order valence-electron chi connectivity index (χ2n) is 6.87. The van der Waals surface area contributed by atoms with Gasteiger partial charge in [-0.05, 0) is 68.3 Å². The number of carbonyl (C=O) groups excluding carboxylic acids is 1. The molecule has 0 saturated carbocycles. The van der Waals surface area contributed by atoms with Gasteiger partial charge >= 0.3 is 0 Å². The van der Waals surface area contributed by atoms with Crippen LogP contribution >= 0.6 is 23.1 Å². The summed E-state index contributed by atoms with van der Waals surface area (Å²) < 4.78 is 25.6. The fourth-order valence-corrected chi connectivity index (χ4v) is 5.16. The van der Waals surface area contributed by atoms with Gasteiger partial charge < -0.3 is 5.32 Å². The molecule has 7 nitrogen and oxygen atoms in total. The molecule has 0 amide bonds. The lowest BCUT2D eigenvalue weighted by Crippen LogP contribution is -2.14. The maximum atomic E-state index is 12.7. The molecule has 0 radical (unpaired) electrons. The first kappa shape index (κ1) is 22.3. The van der Waals surface area contributed by atoms with Crippen molar-refractivity contribution in [1.82, 2.24) is 10.2 Å². The van der Waals surface area contributed by atoms with Gasteiger partial charge in [-0.1, -0.05) is 29.2 Å². The quantitative estimate of drug-likeness (QED) is 0.372. The van der Waals surface area contributed by atoms with Gasteiger partial charge in [-0.3, -0.25) is 9.52 Å². The largest absolute Gasteiger partial charge is 0.330 e. The minimum absolute atomic E-state index is 0.0650. The number of nitrogens with zero attached hydrogens (tertiary/aromatic N) is 2. The monoisotopic (exact) mass is 462 g/mol. The van der Waals surface area contributed by atoms with Gasteiger partial charge in [0.15, 0.2) is 10.1 Å². The number of sulfonamides is 1. The molecule has 1 heterocycles. The predicted octanol–water partition coefficient (Wildman–Crippen LogP) is 4.63. The third kappa shape index (κ3) is 6.04. The lowest BCUT2D eigenvalue weighted by atomic mass is 10.1. The van der Waals surface area contributed by atoms with E-state index in [1.54, 1.807) is 24.3 Å². The van der Waals surface area contributed by atoms with E-state index in [1.165, 1.54) is 34.2 Å². The highest BCUT2D eigenvalue weighted by Crippen LogP contribution is 2.32. The van der Waals surface area contributed by atoms with Crippen LogP contribution in [0.5, 0.6) is 0 Å². The number of aryl methyl sites for hydroxylation is 2. The highest BCUT2D eigenvalue weighted by Gasteiger charge is 2.19. The lowest BCUT2D eigenvalue weighted by Gasteiger charge is -2.09. The van der Waals surface area contributed by atoms with Crippen LogP contribution in [0.25, 0.3) is 0 Å². The van der Waals surface area contributed by atoms with Crippen LogP contribution in [0, 0.1) is 13.8 Å². The molecule has 0 aliphatic carbocycles. The molecule has 3 aromatic rings. The Morgan fingerprint density at radius 1 is 1.03 bits per heavy atom. The fraction of sp³-hybridized carbons (Fsp3) is 0.250. The van der Waals surface area contributed by atoms with Crippen molar-refractivity contribution in [2.45, 2.75) is 30.4 Å². The van der Waals surface area contributed by atoms with Crippen molar-refractivity contribution < 1.29 is 13.2 Å². The fourth-order valence-electron chi connectivity index (χ4n) is 2.61. The Labute approximate surface area is 184 Å². The standard InChI is InChI=1S/C20H22N4O3S3/c1-12-5-8-17(11-13(12)2)21-19-22-23-20(29-19)28-14(3)18(25)15-6-9-16(10-7-15)24-30(4,26)27/h5-11,14,24H,1-4H3,(H,21,22). The number of rotatable bonds is 8. The molecule has 1 atom stereocenters. The summed E-state index contributed by atoms with van der Waals surface area (Å²) in [5.41, 5.74) is 4.28. The second-order valence-corrected chi connectivity index (χ2v) is 11.2. The van der Waals surface area contributed by atoms with E-state index < -0.39 is 10.0 Å². The van der Waals surface area contributed by atoms with Crippen molar-refractivity contribution in [2.75, 3.05) is 16.3 Å². The van der Waals surface area contributed by atoms with Crippen LogP contribution in [0.4, 0.5) is 16.5 Å². The molecule has 0 fully saturated rings. The summed E-state index contributed by atoms with van der Waals surface area (Å²) in [7, 11) is -3.35. The number of nitrogens with one attached hydrogen (secondary N) is 2. The number of ketones is 1. The van der Waals surface area contributed by atoms with Crippen molar-refractivity contribution in [2.24, 2.45) is 0 Å². The first-order valence-electron chi connectivity index (χ1n) is 9.07. The van der Waals surface area contributed by atoms with Crippen LogP contribution in [0.2, 0.25) is 0 Å². The Hall–Kier alpha value is -2.43. The first-order chi connectivity index (χ1) is 14.1. The van der Waals surface area contributed by atoms with E-state index in [0.29, 0.717) is 20.7 Å². The van der Waals surface area contributed by atoms with Gasteiger partial charge in [0.25, 0.3) is 0 Å². The Balaban J connectivity index is 1.62. The zero-order chi connectivity index (χ0) is 21.9. The van der Waals surface area contributed by atoms with Crippen LogP contribution < -0.4 is 10.0 Å². The maximum Gasteiger partial charge on any atom is 0.229 e. The van der Waals surface area contributed by atoms with E-state index in [0.717, 1.165) is 11.9 Å². The Kier molecular flexibility index (Phi) is 6.79. The van der Waals surface area contributed by atoms with Crippen LogP contribution in [-0.4, -0.2) is 35.9 Å². The number of hydrogen-bond donors (Lipinski definition) is 2. The minimum atomic E-state index is -3.35. The molecule has 0 saturated heterocycles. The number of aromatic nitrogens is 2. The average molecular weight is 463 g/mol. The Bertz CT molecular complexity index is 1160. The molecule has 30 heavy (non-hydrogen) atoms. The molecule has 0 aliphatic rings. The van der Waals surface area contributed by atoms with Crippen molar-refractivity contribution >= 4 is 55.4 Å². The number of hydrogen-bond acceptors (Lipinski definition) is 8. The third-order valence-electron chi connectivity index (χ3n) is 4.28. The van der Waals surface area contributed by atoms with E-state index in [4.69, 9.17) is 0 Å². The van der Waals surface area contributed by atoms with Crippen LogP contribution in [0.3, 0.4) is 0 Å². The predicted molar refractivity (Wildman–Crippen MR) is 124 cm³/mol. The van der Waals surface area contributed by atoms with E-state index in [1.807, 2.05) is 19.1 Å². The highest BCUT2D eigenvalue weighted by atomic mass is 32.2. The zero-order valence-electron chi connectivity index (χ0n) is 17.0. The van der Waals surface area contributed by atoms with Gasteiger partial charge in [0.05, 0.1) is 11.5 Å². The Morgan fingerprint density at radius 3 is 2.33 bits per heavy atom. The number of carbonyl (C=O) groups is 1. The number of anilines is 3. The van der Waals surface area contributed by atoms with Crippen molar-refractivity contribution in [3.63, 3.8) is 0 Å². The molecular formula is C20H22N4O3S3. The van der Waals surface area contributed by atoms with Crippen molar-refractivity contribution in [1.29, 1.82) is 0 Å². The smallest absolute Gasteiger partial charge is 0.229 e. The van der Waals surface area contributed by atoms with Gasteiger partial charge in [0, 0.05) is 16.9 Å². The molecule has 0 aliphatic heterocycles. The van der Waals surface area contributed by atoms with Gasteiger partial charge in [-0.2, -0.15) is 0 Å². The topological polar surface area (TPSA) is 101 Å². The first-order valence-corrected chi connectivity index (χ1v) is 12.7. The molecule has 0 bridgehead atoms. The maximum absolute atomic E-state index is 12.7. The molecule has 1 unspecified atom stereocenters. The SMILES string of the molecule is Cc1ccc(Nc2nnc(SC(C)C(=O)c3ccc(NS(C)(=O)=O)cc3)s2)cc1C. The van der Waals surface area contributed by atoms with Gasteiger partial charge in [-0.25, -0.2) is 8.42 Å². The molecule has 1 aromatic heterocycles. The summed E-state index contributed by atoms with van der Waals surface area (Å²) in [5.74, 6) is -0.0650. The molecule has 10 heteroatoms. The summed E-state index contributed by atoms with van der Waals surface area (Å²) in [4.78, 5) is 12.7. The van der Waals surface area contributed by atoms with Crippen molar-refractivity contribution in [3.05, 3.63) is 59.2 Å². The zero-order valence-corrected chi connectivity index (χ0v) is 19.4.